The molecule has 1 fully saturated rings. The topological polar surface area (TPSA) is 77.7 Å². The standard InChI is InChI=1S/C16H16ClN3O4/c1-2-13-18-15(19-24-13)11-4-3-5-20(11)16(21)9-6-10(17)14-12(7-9)22-8-23-14/h6-7,11H,2-5,8H2,1H3. The summed E-state index contributed by atoms with van der Waals surface area (Å²) in [4.78, 5) is 19.1. The first-order valence-corrected chi connectivity index (χ1v) is 8.27. The third kappa shape index (κ3) is 2.49. The molecule has 1 atom stereocenters. The molecule has 0 aliphatic carbocycles. The number of fused-ring (bicyclic) bond motifs is 1. The van der Waals surface area contributed by atoms with Crippen LogP contribution in [0.5, 0.6) is 11.5 Å². The highest BCUT2D eigenvalue weighted by Crippen LogP contribution is 2.41. The molecule has 1 unspecified atom stereocenters. The van der Waals surface area contributed by atoms with E-state index in [9.17, 15) is 4.79 Å². The zero-order chi connectivity index (χ0) is 16.7. The molecule has 126 valence electrons. The van der Waals surface area contributed by atoms with E-state index in [1.807, 2.05) is 6.92 Å². The number of benzene rings is 1. The zero-order valence-electron chi connectivity index (χ0n) is 13.1. The second-order valence-corrected chi connectivity index (χ2v) is 6.16. The van der Waals surface area contributed by atoms with Gasteiger partial charge in [0.2, 0.25) is 12.7 Å². The van der Waals surface area contributed by atoms with Crippen LogP contribution in [0.2, 0.25) is 5.02 Å². The van der Waals surface area contributed by atoms with Crippen LogP contribution in [0, 0.1) is 0 Å². The van der Waals surface area contributed by atoms with Gasteiger partial charge in [-0.1, -0.05) is 23.7 Å². The normalized spacial score (nSPS) is 19.1. The number of amides is 1. The molecule has 24 heavy (non-hydrogen) atoms. The van der Waals surface area contributed by atoms with Gasteiger partial charge < -0.3 is 18.9 Å². The zero-order valence-corrected chi connectivity index (χ0v) is 13.9. The monoisotopic (exact) mass is 349 g/mol. The van der Waals surface area contributed by atoms with Gasteiger partial charge in [0.05, 0.1) is 11.1 Å². The molecule has 0 N–H and O–H groups in total. The fourth-order valence-corrected chi connectivity index (χ4v) is 3.35. The predicted octanol–water partition coefficient (Wildman–Crippen LogP) is 2.99. The summed E-state index contributed by atoms with van der Waals surface area (Å²) in [5.41, 5.74) is 0.468. The number of aromatic nitrogens is 2. The van der Waals surface area contributed by atoms with Gasteiger partial charge in [-0.15, -0.1) is 0 Å². The fraction of sp³-hybridized carbons (Fsp3) is 0.438. The van der Waals surface area contributed by atoms with Crippen LogP contribution >= 0.6 is 11.6 Å². The highest BCUT2D eigenvalue weighted by Gasteiger charge is 2.34. The number of nitrogens with zero attached hydrogens (tertiary/aromatic N) is 3. The van der Waals surface area contributed by atoms with E-state index in [0.29, 0.717) is 46.8 Å². The largest absolute Gasteiger partial charge is 0.454 e. The Morgan fingerprint density at radius 1 is 1.42 bits per heavy atom. The molecular weight excluding hydrogens is 334 g/mol. The molecule has 2 aromatic rings. The maximum Gasteiger partial charge on any atom is 0.254 e. The molecule has 1 aromatic heterocycles. The van der Waals surface area contributed by atoms with E-state index in [1.165, 1.54) is 0 Å². The van der Waals surface area contributed by atoms with Gasteiger partial charge in [-0.25, -0.2) is 0 Å². The number of hydrogen-bond acceptors (Lipinski definition) is 6. The maximum absolute atomic E-state index is 12.9. The van der Waals surface area contributed by atoms with Crippen molar-refractivity contribution in [1.29, 1.82) is 0 Å². The minimum Gasteiger partial charge on any atom is -0.454 e. The number of likely N-dealkylation sites (tertiary alicyclic amines) is 1. The smallest absolute Gasteiger partial charge is 0.254 e. The number of rotatable bonds is 3. The van der Waals surface area contributed by atoms with E-state index in [2.05, 4.69) is 10.1 Å². The van der Waals surface area contributed by atoms with Crippen molar-refractivity contribution in [2.45, 2.75) is 32.2 Å². The minimum atomic E-state index is -0.175. The van der Waals surface area contributed by atoms with Gasteiger partial charge in [-0.3, -0.25) is 4.79 Å². The number of hydrogen-bond donors (Lipinski definition) is 0. The molecule has 0 radical (unpaired) electrons. The molecule has 4 rings (SSSR count). The van der Waals surface area contributed by atoms with Crippen molar-refractivity contribution in [2.75, 3.05) is 13.3 Å². The van der Waals surface area contributed by atoms with Crippen molar-refractivity contribution in [3.8, 4) is 11.5 Å². The Kier molecular flexibility index (Phi) is 3.80. The average Bonchev–Trinajstić information content (AvgIpc) is 3.32. The lowest BCUT2D eigenvalue weighted by molar-refractivity contribution is 0.0728. The Morgan fingerprint density at radius 2 is 2.29 bits per heavy atom. The maximum atomic E-state index is 12.9. The summed E-state index contributed by atoms with van der Waals surface area (Å²) in [5, 5.41) is 4.39. The summed E-state index contributed by atoms with van der Waals surface area (Å²) < 4.78 is 15.8. The van der Waals surface area contributed by atoms with Crippen LogP contribution in [0.15, 0.2) is 16.7 Å². The van der Waals surface area contributed by atoms with E-state index in [-0.39, 0.29) is 18.7 Å². The lowest BCUT2D eigenvalue weighted by atomic mass is 10.1. The number of carbonyl (C=O) groups excluding carboxylic acids is 1. The van der Waals surface area contributed by atoms with Crippen molar-refractivity contribution in [2.24, 2.45) is 0 Å². The van der Waals surface area contributed by atoms with Gasteiger partial charge in [0.15, 0.2) is 17.3 Å². The van der Waals surface area contributed by atoms with Crippen LogP contribution in [0.3, 0.4) is 0 Å². The fourth-order valence-electron chi connectivity index (χ4n) is 3.08. The van der Waals surface area contributed by atoms with Gasteiger partial charge >= 0.3 is 0 Å². The second kappa shape index (κ2) is 5.98. The molecule has 2 aliphatic rings. The Balaban J connectivity index is 1.62. The predicted molar refractivity (Wildman–Crippen MR) is 84.3 cm³/mol. The second-order valence-electron chi connectivity index (χ2n) is 5.75. The SMILES string of the molecule is CCc1nc(C2CCCN2C(=O)c2cc(Cl)c3c(c2)OCO3)no1. The van der Waals surface area contributed by atoms with Crippen LogP contribution in [-0.4, -0.2) is 34.3 Å². The molecule has 2 aliphatic heterocycles. The van der Waals surface area contributed by atoms with Crippen LogP contribution in [0.25, 0.3) is 0 Å². The van der Waals surface area contributed by atoms with Crippen molar-refractivity contribution in [1.82, 2.24) is 15.0 Å². The highest BCUT2D eigenvalue weighted by molar-refractivity contribution is 6.32. The van der Waals surface area contributed by atoms with E-state index in [0.717, 1.165) is 12.8 Å². The van der Waals surface area contributed by atoms with Crippen LogP contribution < -0.4 is 9.47 Å². The van der Waals surface area contributed by atoms with Gasteiger partial charge in [-0.2, -0.15) is 4.98 Å². The van der Waals surface area contributed by atoms with Crippen molar-refractivity contribution in [3.63, 3.8) is 0 Å². The summed E-state index contributed by atoms with van der Waals surface area (Å²) in [6.45, 7) is 2.71. The number of halogens is 1. The van der Waals surface area contributed by atoms with Gasteiger partial charge in [-0.05, 0) is 25.0 Å². The molecule has 1 amide bonds. The van der Waals surface area contributed by atoms with Gasteiger partial charge in [0.25, 0.3) is 5.91 Å². The molecule has 8 heteroatoms. The third-order valence-electron chi connectivity index (χ3n) is 4.27. The molecule has 0 spiro atoms. The average molecular weight is 350 g/mol. The van der Waals surface area contributed by atoms with Crippen LogP contribution in [-0.2, 0) is 6.42 Å². The van der Waals surface area contributed by atoms with E-state index in [1.54, 1.807) is 17.0 Å². The summed E-state index contributed by atoms with van der Waals surface area (Å²) >= 11 is 6.19. The number of aryl methyl sites for hydroxylation is 1. The summed E-state index contributed by atoms with van der Waals surface area (Å²) in [5.74, 6) is 1.99. The third-order valence-corrected chi connectivity index (χ3v) is 4.55. The molecule has 1 aromatic carbocycles. The van der Waals surface area contributed by atoms with E-state index < -0.39 is 0 Å². The highest BCUT2D eigenvalue weighted by atomic mass is 35.5. The molecule has 1 saturated heterocycles. The van der Waals surface area contributed by atoms with Crippen LogP contribution in [0.4, 0.5) is 0 Å². The number of ether oxygens (including phenoxy) is 2. The van der Waals surface area contributed by atoms with Gasteiger partial charge in [0, 0.05) is 18.5 Å². The first-order valence-electron chi connectivity index (χ1n) is 7.90. The quantitative estimate of drug-likeness (QED) is 0.847. The summed E-state index contributed by atoms with van der Waals surface area (Å²) in [6.07, 6.45) is 2.38. The molecular formula is C16H16ClN3O4. The number of carbonyl (C=O) groups is 1. The van der Waals surface area contributed by atoms with Crippen molar-refractivity contribution < 1.29 is 18.8 Å². The summed E-state index contributed by atoms with van der Waals surface area (Å²) in [7, 11) is 0. The molecule has 0 bridgehead atoms. The lowest BCUT2D eigenvalue weighted by Gasteiger charge is -2.22. The lowest BCUT2D eigenvalue weighted by Crippen LogP contribution is -2.31. The first kappa shape index (κ1) is 15.3. The van der Waals surface area contributed by atoms with Gasteiger partial charge in [0.1, 0.15) is 0 Å². The molecule has 3 heterocycles. The van der Waals surface area contributed by atoms with E-state index >= 15 is 0 Å². The van der Waals surface area contributed by atoms with Crippen LogP contribution in [0.1, 0.15) is 47.9 Å². The molecule has 0 saturated carbocycles. The Labute approximate surface area is 143 Å². The van der Waals surface area contributed by atoms with E-state index in [4.69, 9.17) is 25.6 Å². The minimum absolute atomic E-state index is 0.113. The Bertz CT molecular complexity index is 792. The summed E-state index contributed by atoms with van der Waals surface area (Å²) in [6, 6.07) is 3.10. The molecule has 7 nitrogen and oxygen atoms in total. The van der Waals surface area contributed by atoms with Crippen molar-refractivity contribution >= 4 is 17.5 Å². The van der Waals surface area contributed by atoms with Crippen molar-refractivity contribution in [3.05, 3.63) is 34.4 Å². The Morgan fingerprint density at radius 3 is 3.08 bits per heavy atom. The first-order chi connectivity index (χ1) is 11.7. The Hall–Kier alpha value is -2.28.